The van der Waals surface area contributed by atoms with E-state index in [4.69, 9.17) is 18.2 Å². The first-order chi connectivity index (χ1) is 6.31. The van der Waals surface area contributed by atoms with E-state index < -0.39 is 0 Å². The molecule has 13 heavy (non-hydrogen) atoms. The third-order valence-electron chi connectivity index (χ3n) is 1.70. The zero-order valence-electron chi connectivity index (χ0n) is 6.53. The fourth-order valence-electron chi connectivity index (χ4n) is 1.08. The molecule has 0 saturated heterocycles. The number of rotatable bonds is 0. The molecule has 0 aliphatic heterocycles. The lowest BCUT2D eigenvalue weighted by Gasteiger charge is -1.97. The summed E-state index contributed by atoms with van der Waals surface area (Å²) in [5.74, 6) is 0. The number of halogens is 1. The van der Waals surface area contributed by atoms with Gasteiger partial charge < -0.3 is 0 Å². The molecule has 2 aromatic rings. The molecule has 0 spiro atoms. The smallest absolute Gasteiger partial charge is 0.188 e. The molecular formula is C9H4ClN3. The van der Waals surface area contributed by atoms with Crippen molar-refractivity contribution >= 4 is 28.2 Å². The van der Waals surface area contributed by atoms with Crippen LogP contribution in [0, 0.1) is 6.57 Å². The van der Waals surface area contributed by atoms with Gasteiger partial charge in [-0.2, -0.15) is 10.2 Å². The van der Waals surface area contributed by atoms with Gasteiger partial charge in [-0.25, -0.2) is 4.85 Å². The summed E-state index contributed by atoms with van der Waals surface area (Å²) in [7, 11) is 0. The molecule has 62 valence electrons. The summed E-state index contributed by atoms with van der Waals surface area (Å²) in [5.41, 5.74) is 1.27. The van der Waals surface area contributed by atoms with E-state index in [0.717, 1.165) is 5.39 Å². The summed E-state index contributed by atoms with van der Waals surface area (Å²) in [6.07, 6.45) is 1.47. The second-order valence-electron chi connectivity index (χ2n) is 2.51. The van der Waals surface area contributed by atoms with Gasteiger partial charge in [-0.15, -0.1) is 0 Å². The summed E-state index contributed by atoms with van der Waals surface area (Å²) >= 11 is 5.88. The molecule has 1 aromatic heterocycles. The van der Waals surface area contributed by atoms with Crippen LogP contribution in [0.3, 0.4) is 0 Å². The van der Waals surface area contributed by atoms with E-state index in [9.17, 15) is 0 Å². The molecule has 0 amide bonds. The van der Waals surface area contributed by atoms with E-state index in [1.165, 1.54) is 6.20 Å². The van der Waals surface area contributed by atoms with Crippen molar-refractivity contribution in [3.8, 4) is 0 Å². The number of fused-ring (bicyclic) bond motifs is 1. The van der Waals surface area contributed by atoms with E-state index in [1.54, 1.807) is 18.2 Å². The maximum Gasteiger partial charge on any atom is 0.188 e. The van der Waals surface area contributed by atoms with Gasteiger partial charge in [0.2, 0.25) is 0 Å². The van der Waals surface area contributed by atoms with Crippen molar-refractivity contribution in [3.05, 3.63) is 40.8 Å². The molecule has 0 unspecified atom stereocenters. The van der Waals surface area contributed by atoms with E-state index in [1.807, 2.05) is 0 Å². The molecule has 1 heterocycles. The standard InChI is InChI=1S/C9H4ClN3/c1-11-6-2-3-9-7(4-6)8(10)5-12-13-9/h2-5H. The maximum absolute atomic E-state index is 6.84. The molecule has 0 aliphatic carbocycles. The second-order valence-corrected chi connectivity index (χ2v) is 2.91. The summed E-state index contributed by atoms with van der Waals surface area (Å²) in [6, 6.07) is 5.14. The minimum Gasteiger partial charge on any atom is -0.238 e. The first-order valence-corrected chi connectivity index (χ1v) is 3.97. The van der Waals surface area contributed by atoms with Gasteiger partial charge in [-0.3, -0.25) is 0 Å². The highest BCUT2D eigenvalue weighted by Crippen LogP contribution is 2.24. The minimum atomic E-state index is 0.524. The zero-order chi connectivity index (χ0) is 9.26. The SMILES string of the molecule is [C-]#[N+]c1ccc2nncc(Cl)c2c1. The van der Waals surface area contributed by atoms with Crippen molar-refractivity contribution in [2.75, 3.05) is 0 Å². The summed E-state index contributed by atoms with van der Waals surface area (Å²) < 4.78 is 0. The molecule has 0 N–H and O–H groups in total. The molecule has 0 radical (unpaired) electrons. The maximum atomic E-state index is 6.84. The lowest BCUT2D eigenvalue weighted by Crippen LogP contribution is -1.82. The van der Waals surface area contributed by atoms with Crippen LogP contribution in [0.1, 0.15) is 0 Å². The van der Waals surface area contributed by atoms with Crippen LogP contribution >= 0.6 is 11.6 Å². The first-order valence-electron chi connectivity index (χ1n) is 3.59. The third-order valence-corrected chi connectivity index (χ3v) is 2.00. The predicted octanol–water partition coefficient (Wildman–Crippen LogP) is 2.83. The number of benzene rings is 1. The van der Waals surface area contributed by atoms with Crippen LogP contribution in [0.4, 0.5) is 5.69 Å². The van der Waals surface area contributed by atoms with Gasteiger partial charge in [0.25, 0.3) is 0 Å². The Labute approximate surface area is 79.8 Å². The van der Waals surface area contributed by atoms with Gasteiger partial charge >= 0.3 is 0 Å². The summed E-state index contributed by atoms with van der Waals surface area (Å²) in [6.45, 7) is 6.84. The molecule has 4 heteroatoms. The summed E-state index contributed by atoms with van der Waals surface area (Å²) in [5, 5.41) is 8.88. The van der Waals surface area contributed by atoms with Crippen molar-refractivity contribution in [1.29, 1.82) is 0 Å². The van der Waals surface area contributed by atoms with E-state index in [-0.39, 0.29) is 0 Å². The number of hydrogen-bond acceptors (Lipinski definition) is 2. The molecule has 0 saturated carbocycles. The van der Waals surface area contributed by atoms with Crippen LogP contribution in [0.5, 0.6) is 0 Å². The number of aromatic nitrogens is 2. The predicted molar refractivity (Wildman–Crippen MR) is 50.8 cm³/mol. The lowest BCUT2D eigenvalue weighted by atomic mass is 10.2. The van der Waals surface area contributed by atoms with E-state index >= 15 is 0 Å². The highest BCUT2D eigenvalue weighted by molar-refractivity contribution is 6.35. The van der Waals surface area contributed by atoms with Crippen LogP contribution < -0.4 is 0 Å². The van der Waals surface area contributed by atoms with Crippen molar-refractivity contribution in [2.24, 2.45) is 0 Å². The van der Waals surface area contributed by atoms with Crippen LogP contribution in [0.15, 0.2) is 24.4 Å². The average molecular weight is 190 g/mol. The van der Waals surface area contributed by atoms with Gasteiger partial charge in [0, 0.05) is 5.39 Å². The summed E-state index contributed by atoms with van der Waals surface area (Å²) in [4.78, 5) is 3.30. The van der Waals surface area contributed by atoms with Gasteiger partial charge in [-0.1, -0.05) is 17.7 Å². The second kappa shape index (κ2) is 3.00. The Morgan fingerprint density at radius 3 is 3.00 bits per heavy atom. The molecule has 2 rings (SSSR count). The molecule has 0 bridgehead atoms. The number of nitrogens with zero attached hydrogens (tertiary/aromatic N) is 3. The van der Waals surface area contributed by atoms with Crippen molar-refractivity contribution in [1.82, 2.24) is 10.2 Å². The Bertz CT molecular complexity index is 502. The van der Waals surface area contributed by atoms with Crippen LogP contribution in [0.25, 0.3) is 15.7 Å². The van der Waals surface area contributed by atoms with Crippen LogP contribution in [-0.2, 0) is 0 Å². The highest BCUT2D eigenvalue weighted by atomic mass is 35.5. The van der Waals surface area contributed by atoms with E-state index in [2.05, 4.69) is 15.0 Å². The Kier molecular flexibility index (Phi) is 1.84. The first kappa shape index (κ1) is 7.96. The third kappa shape index (κ3) is 1.32. The monoisotopic (exact) mass is 189 g/mol. The molecule has 0 aliphatic rings. The van der Waals surface area contributed by atoms with Crippen molar-refractivity contribution in [3.63, 3.8) is 0 Å². The van der Waals surface area contributed by atoms with Crippen LogP contribution in [-0.4, -0.2) is 10.2 Å². The van der Waals surface area contributed by atoms with Gasteiger partial charge in [-0.05, 0) is 12.1 Å². The fraction of sp³-hybridized carbons (Fsp3) is 0. The lowest BCUT2D eigenvalue weighted by molar-refractivity contribution is 1.08. The molecular weight excluding hydrogens is 186 g/mol. The largest absolute Gasteiger partial charge is 0.238 e. The molecule has 0 atom stereocenters. The van der Waals surface area contributed by atoms with Crippen molar-refractivity contribution < 1.29 is 0 Å². The minimum absolute atomic E-state index is 0.524. The van der Waals surface area contributed by atoms with Gasteiger partial charge in [0.15, 0.2) is 5.69 Å². The number of hydrogen-bond donors (Lipinski definition) is 0. The highest BCUT2D eigenvalue weighted by Gasteiger charge is 2.01. The Balaban J connectivity index is 2.84. The zero-order valence-corrected chi connectivity index (χ0v) is 7.28. The van der Waals surface area contributed by atoms with Gasteiger partial charge in [0.1, 0.15) is 0 Å². The Morgan fingerprint density at radius 1 is 1.38 bits per heavy atom. The quantitative estimate of drug-likeness (QED) is 0.597. The normalized spacial score (nSPS) is 9.85. The molecule has 1 aromatic carbocycles. The topological polar surface area (TPSA) is 30.1 Å². The Hall–Kier alpha value is -1.66. The molecule has 0 fully saturated rings. The van der Waals surface area contributed by atoms with Crippen LogP contribution in [0.2, 0.25) is 5.02 Å². The van der Waals surface area contributed by atoms with E-state index in [0.29, 0.717) is 16.2 Å². The van der Waals surface area contributed by atoms with Gasteiger partial charge in [0.05, 0.1) is 23.3 Å². The van der Waals surface area contributed by atoms with Crippen molar-refractivity contribution in [2.45, 2.75) is 0 Å². The fourth-order valence-corrected chi connectivity index (χ4v) is 1.28. The average Bonchev–Trinajstić information content (AvgIpc) is 2.18. The Morgan fingerprint density at radius 2 is 2.23 bits per heavy atom. The molecule has 3 nitrogen and oxygen atoms in total.